The molecule has 44 heavy (non-hydrogen) atoms. The van der Waals surface area contributed by atoms with Crippen molar-refractivity contribution >= 4 is 16.1 Å². The fourth-order valence-electron chi connectivity index (χ4n) is 5.22. The van der Waals surface area contributed by atoms with Crippen LogP contribution in [0.2, 0.25) is 0 Å². The van der Waals surface area contributed by atoms with Gasteiger partial charge in [0, 0.05) is 30.7 Å². The number of nitrogens with zero attached hydrogens (tertiary/aromatic N) is 2. The molecule has 10 heteroatoms. The molecule has 5 rings (SSSR count). The first-order valence-corrected chi connectivity index (χ1v) is 15.9. The van der Waals surface area contributed by atoms with Gasteiger partial charge in [-0.25, -0.2) is 5.14 Å². The molecule has 0 radical (unpaired) electrons. The summed E-state index contributed by atoms with van der Waals surface area (Å²) < 4.78 is 44.5. The van der Waals surface area contributed by atoms with Gasteiger partial charge in [0.25, 0.3) is 16.1 Å². The molecule has 1 aliphatic rings. The Morgan fingerprint density at radius 3 is 1.57 bits per heavy atom. The molecule has 1 saturated heterocycles. The van der Waals surface area contributed by atoms with Crippen molar-refractivity contribution in [2.75, 3.05) is 19.6 Å². The lowest BCUT2D eigenvalue weighted by Crippen LogP contribution is -2.63. The van der Waals surface area contributed by atoms with E-state index in [9.17, 15) is 13.2 Å². The molecule has 0 unspecified atom stereocenters. The number of amides is 1. The van der Waals surface area contributed by atoms with Crippen LogP contribution in [0.3, 0.4) is 0 Å². The van der Waals surface area contributed by atoms with Gasteiger partial charge in [0.1, 0.15) is 19.8 Å². The Bertz CT molecular complexity index is 1600. The summed E-state index contributed by atoms with van der Waals surface area (Å²) in [5.41, 5.74) is 2.31. The highest BCUT2D eigenvalue weighted by Crippen LogP contribution is 2.41. The second-order valence-electron chi connectivity index (χ2n) is 11.3. The number of carbonyl (C=O) groups is 1. The molecule has 0 aromatic heterocycles. The van der Waals surface area contributed by atoms with Crippen molar-refractivity contribution in [3.63, 3.8) is 0 Å². The fourth-order valence-corrected chi connectivity index (χ4v) is 6.31. The summed E-state index contributed by atoms with van der Waals surface area (Å²) >= 11 is 0. The van der Waals surface area contributed by atoms with Crippen LogP contribution in [0.5, 0.6) is 17.2 Å². The molecule has 1 fully saturated rings. The second-order valence-corrected chi connectivity index (χ2v) is 12.8. The molecule has 230 valence electrons. The third kappa shape index (κ3) is 7.76. The number of nitrogens with two attached hydrogens (primary N) is 1. The molecule has 1 aliphatic heterocycles. The lowest BCUT2D eigenvalue weighted by Gasteiger charge is -2.45. The Hall–Kier alpha value is -4.38. The van der Waals surface area contributed by atoms with E-state index in [-0.39, 0.29) is 45.4 Å². The Kier molecular flexibility index (Phi) is 9.53. The van der Waals surface area contributed by atoms with Gasteiger partial charge in [0.05, 0.1) is 0 Å². The zero-order valence-corrected chi connectivity index (χ0v) is 25.7. The summed E-state index contributed by atoms with van der Waals surface area (Å²) in [5.74, 6) is 0.828. The minimum Gasteiger partial charge on any atom is -0.485 e. The maximum Gasteiger partial charge on any atom is 0.277 e. The lowest BCUT2D eigenvalue weighted by atomic mass is 10.0. The van der Waals surface area contributed by atoms with E-state index >= 15 is 0 Å². The van der Waals surface area contributed by atoms with Crippen molar-refractivity contribution in [3.8, 4) is 17.2 Å². The molecule has 0 bridgehead atoms. The summed E-state index contributed by atoms with van der Waals surface area (Å²) in [6, 6.07) is 32.5. The van der Waals surface area contributed by atoms with E-state index in [1.807, 2.05) is 91.0 Å². The molecule has 0 saturated carbocycles. The summed E-state index contributed by atoms with van der Waals surface area (Å²) in [7, 11) is -3.92. The third-order valence-corrected chi connectivity index (χ3v) is 8.68. The molecule has 1 amide bonds. The minimum atomic E-state index is -3.92. The van der Waals surface area contributed by atoms with Gasteiger partial charge in [-0.3, -0.25) is 4.79 Å². The smallest absolute Gasteiger partial charge is 0.277 e. The van der Waals surface area contributed by atoms with Crippen molar-refractivity contribution in [1.29, 1.82) is 0 Å². The lowest BCUT2D eigenvalue weighted by molar-refractivity contribution is 0.0494. The van der Waals surface area contributed by atoms with Crippen molar-refractivity contribution in [1.82, 2.24) is 9.21 Å². The van der Waals surface area contributed by atoms with Gasteiger partial charge in [-0.2, -0.15) is 12.7 Å². The Labute approximate surface area is 259 Å². The van der Waals surface area contributed by atoms with Gasteiger partial charge in [0.2, 0.25) is 5.75 Å². The van der Waals surface area contributed by atoms with E-state index in [1.54, 1.807) is 30.9 Å². The summed E-state index contributed by atoms with van der Waals surface area (Å²) in [6.07, 6.45) is 0. The number of benzene rings is 4. The predicted octanol–water partition coefficient (Wildman–Crippen LogP) is 5.16. The molecule has 1 heterocycles. The number of ether oxygens (including phenoxy) is 3. The van der Waals surface area contributed by atoms with Crippen LogP contribution in [0.1, 0.15) is 40.9 Å². The maximum atomic E-state index is 14.0. The normalized spacial score (nSPS) is 15.0. The molecule has 0 spiro atoms. The van der Waals surface area contributed by atoms with Gasteiger partial charge in [-0.1, -0.05) is 91.0 Å². The quantitative estimate of drug-likeness (QED) is 0.250. The zero-order chi connectivity index (χ0) is 31.2. The van der Waals surface area contributed by atoms with Crippen LogP contribution in [-0.2, 0) is 30.0 Å². The SMILES string of the molecule is CC1(C)CN(C(=O)c2cc(OCc3ccccc3)c(OCc3ccccc3)c(OCc3ccccc3)c2)CCN1S(N)(=O)=O. The van der Waals surface area contributed by atoms with E-state index in [0.717, 1.165) is 16.7 Å². The van der Waals surface area contributed by atoms with Gasteiger partial charge in [0.15, 0.2) is 11.5 Å². The average Bonchev–Trinajstić information content (AvgIpc) is 3.02. The van der Waals surface area contributed by atoms with Crippen molar-refractivity contribution in [2.24, 2.45) is 5.14 Å². The standard InChI is InChI=1S/C34H37N3O6S/c1-34(2)25-36(18-19-37(34)44(35,39)40)33(38)29-20-30(41-22-26-12-6-3-7-13-26)32(43-24-28-16-10-5-11-17-28)31(21-29)42-23-27-14-8-4-9-15-27/h3-17,20-21H,18-19,22-25H2,1-2H3,(H2,35,39,40). The molecule has 2 N–H and O–H groups in total. The van der Waals surface area contributed by atoms with Gasteiger partial charge in [-0.15, -0.1) is 0 Å². The summed E-state index contributed by atoms with van der Waals surface area (Å²) in [4.78, 5) is 15.6. The van der Waals surface area contributed by atoms with Crippen molar-refractivity contribution in [2.45, 2.75) is 39.2 Å². The Morgan fingerprint density at radius 1 is 0.727 bits per heavy atom. The van der Waals surface area contributed by atoms with Crippen molar-refractivity contribution < 1.29 is 27.4 Å². The average molecular weight is 616 g/mol. The van der Waals surface area contributed by atoms with Gasteiger partial charge >= 0.3 is 0 Å². The highest BCUT2D eigenvalue weighted by molar-refractivity contribution is 7.86. The molecule has 9 nitrogen and oxygen atoms in total. The molecular formula is C34H37N3O6S. The van der Waals surface area contributed by atoms with Crippen molar-refractivity contribution in [3.05, 3.63) is 125 Å². The monoisotopic (exact) mass is 615 g/mol. The molecule has 0 aliphatic carbocycles. The van der Waals surface area contributed by atoms with E-state index in [4.69, 9.17) is 19.3 Å². The number of carbonyl (C=O) groups excluding carboxylic acids is 1. The first kappa shape index (κ1) is 31.1. The Morgan fingerprint density at radius 2 is 1.16 bits per heavy atom. The van der Waals surface area contributed by atoms with Crippen LogP contribution in [-0.4, -0.2) is 48.7 Å². The molecule has 0 atom stereocenters. The summed E-state index contributed by atoms with van der Waals surface area (Å²) in [5, 5.41) is 5.46. The predicted molar refractivity (Wildman–Crippen MR) is 169 cm³/mol. The highest BCUT2D eigenvalue weighted by atomic mass is 32.2. The number of piperazine rings is 1. The van der Waals surface area contributed by atoms with Gasteiger partial charge in [-0.05, 0) is 42.7 Å². The van der Waals surface area contributed by atoms with Crippen LogP contribution in [0.15, 0.2) is 103 Å². The zero-order valence-electron chi connectivity index (χ0n) is 24.9. The third-order valence-electron chi connectivity index (χ3n) is 7.39. The Balaban J connectivity index is 1.50. The minimum absolute atomic E-state index is 0.0879. The van der Waals surface area contributed by atoms with Gasteiger partial charge < -0.3 is 19.1 Å². The molecule has 4 aromatic rings. The van der Waals surface area contributed by atoms with Crippen LogP contribution in [0, 0.1) is 0 Å². The highest BCUT2D eigenvalue weighted by Gasteiger charge is 2.41. The van der Waals surface area contributed by atoms with Crippen LogP contribution in [0.25, 0.3) is 0 Å². The van der Waals surface area contributed by atoms with E-state index in [2.05, 4.69) is 0 Å². The first-order valence-electron chi connectivity index (χ1n) is 14.4. The van der Waals surface area contributed by atoms with E-state index < -0.39 is 15.7 Å². The summed E-state index contributed by atoms with van der Waals surface area (Å²) in [6.45, 7) is 4.70. The topological polar surface area (TPSA) is 111 Å². The van der Waals surface area contributed by atoms with Crippen LogP contribution >= 0.6 is 0 Å². The number of hydrogen-bond donors (Lipinski definition) is 1. The first-order chi connectivity index (χ1) is 21.1. The number of rotatable bonds is 11. The van der Waals surface area contributed by atoms with Crippen LogP contribution < -0.4 is 19.3 Å². The maximum absolute atomic E-state index is 14.0. The number of hydrogen-bond acceptors (Lipinski definition) is 6. The van der Waals surface area contributed by atoms with E-state index in [0.29, 0.717) is 22.8 Å². The molecule has 4 aromatic carbocycles. The van der Waals surface area contributed by atoms with Crippen LogP contribution in [0.4, 0.5) is 0 Å². The fraction of sp³-hybridized carbons (Fsp3) is 0.265. The second kappa shape index (κ2) is 13.5. The largest absolute Gasteiger partial charge is 0.485 e. The molecular weight excluding hydrogens is 578 g/mol. The van der Waals surface area contributed by atoms with E-state index in [1.165, 1.54) is 4.31 Å².